The summed E-state index contributed by atoms with van der Waals surface area (Å²) in [7, 11) is 0. The molecule has 0 atom stereocenters. The first-order valence-corrected chi connectivity index (χ1v) is 12.3. The number of esters is 1. The Kier molecular flexibility index (Phi) is 7.31. The molecule has 0 unspecified atom stereocenters. The summed E-state index contributed by atoms with van der Waals surface area (Å²) < 4.78 is 47.6. The van der Waals surface area contributed by atoms with Gasteiger partial charge in [-0.05, 0) is 49.4 Å². The Morgan fingerprint density at radius 1 is 0.923 bits per heavy atom. The number of halogens is 3. The SMILES string of the molecule is CCOC(=O)c1cc(-c2ccc(N3CCN(C(=O)c4ccc(F)c(F)c4F)CC3)cc2)n(-c2ccccn2)n1. The minimum Gasteiger partial charge on any atom is -0.461 e. The Hall–Kier alpha value is -4.67. The highest BCUT2D eigenvalue weighted by molar-refractivity contribution is 5.94. The Labute approximate surface area is 222 Å². The minimum atomic E-state index is -1.65. The molecular formula is C28H24F3N5O3. The summed E-state index contributed by atoms with van der Waals surface area (Å²) in [6.45, 7) is 3.46. The fourth-order valence-electron chi connectivity index (χ4n) is 4.42. The van der Waals surface area contributed by atoms with E-state index in [2.05, 4.69) is 15.0 Å². The molecule has 0 N–H and O–H groups in total. The lowest BCUT2D eigenvalue weighted by Gasteiger charge is -2.36. The molecule has 5 rings (SSSR count). The highest BCUT2D eigenvalue weighted by atomic mass is 19.2. The first-order chi connectivity index (χ1) is 18.9. The maximum atomic E-state index is 14.1. The molecule has 0 aliphatic carbocycles. The van der Waals surface area contributed by atoms with E-state index in [-0.39, 0.29) is 25.4 Å². The fourth-order valence-corrected chi connectivity index (χ4v) is 4.42. The molecule has 2 aromatic carbocycles. The van der Waals surface area contributed by atoms with E-state index in [0.717, 1.165) is 23.4 Å². The normalized spacial score (nSPS) is 13.4. The number of hydrogen-bond acceptors (Lipinski definition) is 6. The van der Waals surface area contributed by atoms with Crippen LogP contribution in [0.25, 0.3) is 17.1 Å². The van der Waals surface area contributed by atoms with Crippen molar-refractivity contribution in [3.63, 3.8) is 0 Å². The summed E-state index contributed by atoms with van der Waals surface area (Å²) in [5, 5.41) is 4.41. The van der Waals surface area contributed by atoms with Crippen molar-refractivity contribution in [1.29, 1.82) is 0 Å². The van der Waals surface area contributed by atoms with Gasteiger partial charge in [0.1, 0.15) is 0 Å². The molecule has 1 fully saturated rings. The van der Waals surface area contributed by atoms with Crippen LogP contribution in [0.1, 0.15) is 27.8 Å². The Bertz CT molecular complexity index is 1500. The molecule has 200 valence electrons. The van der Waals surface area contributed by atoms with E-state index in [0.29, 0.717) is 24.6 Å². The molecule has 0 spiro atoms. The van der Waals surface area contributed by atoms with Gasteiger partial charge in [0.05, 0.1) is 17.9 Å². The zero-order valence-corrected chi connectivity index (χ0v) is 21.0. The topological polar surface area (TPSA) is 80.6 Å². The Balaban J connectivity index is 1.32. The molecular weight excluding hydrogens is 511 g/mol. The highest BCUT2D eigenvalue weighted by Crippen LogP contribution is 2.27. The van der Waals surface area contributed by atoms with Gasteiger partial charge in [-0.15, -0.1) is 0 Å². The standard InChI is InChI=1S/C28H24F3N5O3/c1-2-39-28(38)22-17-23(36(33-22)24-5-3-4-12-32-24)18-6-8-19(9-7-18)34-13-15-35(16-14-34)27(37)20-10-11-21(29)26(31)25(20)30/h3-12,17H,2,13-16H2,1H3. The number of benzene rings is 2. The van der Waals surface area contributed by atoms with Gasteiger partial charge in [0.15, 0.2) is 29.0 Å². The average molecular weight is 536 g/mol. The molecule has 0 radical (unpaired) electrons. The maximum absolute atomic E-state index is 14.1. The van der Waals surface area contributed by atoms with Gasteiger partial charge >= 0.3 is 5.97 Å². The predicted molar refractivity (Wildman–Crippen MR) is 137 cm³/mol. The average Bonchev–Trinajstić information content (AvgIpc) is 3.42. The number of rotatable bonds is 6. The van der Waals surface area contributed by atoms with Crippen LogP contribution in [0.3, 0.4) is 0 Å². The summed E-state index contributed by atoms with van der Waals surface area (Å²) in [5.74, 6) is -5.13. The summed E-state index contributed by atoms with van der Waals surface area (Å²) in [6, 6.07) is 16.4. The second kappa shape index (κ2) is 11.0. The van der Waals surface area contributed by atoms with Gasteiger partial charge in [0, 0.05) is 43.6 Å². The number of piperazine rings is 1. The zero-order valence-electron chi connectivity index (χ0n) is 21.0. The minimum absolute atomic E-state index is 0.167. The predicted octanol–water partition coefficient (Wildman–Crippen LogP) is 4.49. The maximum Gasteiger partial charge on any atom is 0.358 e. The van der Waals surface area contributed by atoms with Crippen molar-refractivity contribution in [1.82, 2.24) is 19.7 Å². The lowest BCUT2D eigenvalue weighted by Crippen LogP contribution is -2.49. The van der Waals surface area contributed by atoms with Crippen molar-refractivity contribution in [2.45, 2.75) is 6.92 Å². The number of carbonyl (C=O) groups is 2. The molecule has 0 saturated carbocycles. The molecule has 1 aliphatic rings. The van der Waals surface area contributed by atoms with E-state index >= 15 is 0 Å². The van der Waals surface area contributed by atoms with Gasteiger partial charge in [-0.25, -0.2) is 27.6 Å². The molecule has 8 nitrogen and oxygen atoms in total. The van der Waals surface area contributed by atoms with Crippen LogP contribution >= 0.6 is 0 Å². The van der Waals surface area contributed by atoms with E-state index in [9.17, 15) is 22.8 Å². The molecule has 0 bridgehead atoms. The number of amides is 1. The Morgan fingerprint density at radius 3 is 2.33 bits per heavy atom. The van der Waals surface area contributed by atoms with Crippen LogP contribution in [0.15, 0.2) is 66.9 Å². The van der Waals surface area contributed by atoms with Gasteiger partial charge < -0.3 is 14.5 Å². The molecule has 39 heavy (non-hydrogen) atoms. The second-order valence-corrected chi connectivity index (χ2v) is 8.78. The lowest BCUT2D eigenvalue weighted by molar-refractivity contribution is 0.0518. The van der Waals surface area contributed by atoms with Crippen LogP contribution in [-0.4, -0.2) is 64.3 Å². The van der Waals surface area contributed by atoms with E-state index in [1.807, 2.05) is 30.3 Å². The molecule has 1 aliphatic heterocycles. The molecule has 1 amide bonds. The van der Waals surface area contributed by atoms with Gasteiger partial charge in [0.2, 0.25) is 0 Å². The van der Waals surface area contributed by atoms with Crippen molar-refractivity contribution in [2.24, 2.45) is 0 Å². The molecule has 4 aromatic rings. The van der Waals surface area contributed by atoms with Gasteiger partial charge in [0.25, 0.3) is 5.91 Å². The van der Waals surface area contributed by atoms with Crippen LogP contribution in [0.5, 0.6) is 0 Å². The fraction of sp³-hybridized carbons (Fsp3) is 0.214. The number of pyridine rings is 1. The number of ether oxygens (including phenoxy) is 1. The van der Waals surface area contributed by atoms with Crippen molar-refractivity contribution in [3.8, 4) is 17.1 Å². The van der Waals surface area contributed by atoms with Crippen LogP contribution in [-0.2, 0) is 4.74 Å². The smallest absolute Gasteiger partial charge is 0.358 e. The number of nitrogens with zero attached hydrogens (tertiary/aromatic N) is 5. The van der Waals surface area contributed by atoms with E-state index in [1.165, 1.54) is 4.90 Å². The highest BCUT2D eigenvalue weighted by Gasteiger charge is 2.27. The van der Waals surface area contributed by atoms with Crippen molar-refractivity contribution in [3.05, 3.63) is 95.6 Å². The number of carbonyl (C=O) groups excluding carboxylic acids is 2. The lowest BCUT2D eigenvalue weighted by atomic mass is 10.1. The molecule has 3 heterocycles. The number of anilines is 1. The van der Waals surface area contributed by atoms with Crippen LogP contribution in [0, 0.1) is 17.5 Å². The van der Waals surface area contributed by atoms with E-state index in [1.54, 1.807) is 36.0 Å². The van der Waals surface area contributed by atoms with Crippen molar-refractivity contribution in [2.75, 3.05) is 37.7 Å². The van der Waals surface area contributed by atoms with Crippen LogP contribution < -0.4 is 4.90 Å². The number of hydrogen-bond donors (Lipinski definition) is 0. The summed E-state index contributed by atoms with van der Waals surface area (Å²) in [4.78, 5) is 32.9. The zero-order chi connectivity index (χ0) is 27.5. The third-order valence-corrected chi connectivity index (χ3v) is 6.42. The number of aromatic nitrogens is 3. The van der Waals surface area contributed by atoms with Crippen molar-refractivity contribution >= 4 is 17.6 Å². The quantitative estimate of drug-likeness (QED) is 0.267. The largest absolute Gasteiger partial charge is 0.461 e. The summed E-state index contributed by atoms with van der Waals surface area (Å²) >= 11 is 0. The van der Waals surface area contributed by atoms with Gasteiger partial charge in [-0.1, -0.05) is 18.2 Å². The monoisotopic (exact) mass is 535 g/mol. The molecule has 1 saturated heterocycles. The van der Waals surface area contributed by atoms with Gasteiger partial charge in [-0.2, -0.15) is 5.10 Å². The second-order valence-electron chi connectivity index (χ2n) is 8.78. The summed E-state index contributed by atoms with van der Waals surface area (Å²) in [5.41, 5.74) is 2.04. The van der Waals surface area contributed by atoms with Crippen LogP contribution in [0.2, 0.25) is 0 Å². The van der Waals surface area contributed by atoms with Gasteiger partial charge in [-0.3, -0.25) is 4.79 Å². The third-order valence-electron chi connectivity index (χ3n) is 6.42. The first-order valence-electron chi connectivity index (χ1n) is 12.3. The molecule has 2 aromatic heterocycles. The van der Waals surface area contributed by atoms with E-state index in [4.69, 9.17) is 4.74 Å². The van der Waals surface area contributed by atoms with Crippen molar-refractivity contribution < 1.29 is 27.5 Å². The van der Waals surface area contributed by atoms with E-state index < -0.39 is 34.9 Å². The molecule has 11 heteroatoms. The first kappa shape index (κ1) is 26.0. The summed E-state index contributed by atoms with van der Waals surface area (Å²) in [6.07, 6.45) is 1.64. The third kappa shape index (κ3) is 5.20. The Morgan fingerprint density at radius 2 is 1.67 bits per heavy atom. The van der Waals surface area contributed by atoms with Crippen LogP contribution in [0.4, 0.5) is 18.9 Å².